The molecular weight excluding hydrogens is 296 g/mol. The lowest BCUT2D eigenvalue weighted by atomic mass is 10.2. The lowest BCUT2D eigenvalue weighted by Crippen LogP contribution is -2.28. The van der Waals surface area contributed by atoms with E-state index in [2.05, 4.69) is 5.32 Å². The molecule has 0 fully saturated rings. The number of ether oxygens (including phenoxy) is 3. The highest BCUT2D eigenvalue weighted by Gasteiger charge is 2.01. The zero-order valence-electron chi connectivity index (χ0n) is 12.0. The first kappa shape index (κ1) is 19.7. The zero-order valence-corrected chi connectivity index (χ0v) is 12.8. The summed E-state index contributed by atoms with van der Waals surface area (Å²) in [5, 5.41) is 2.61. The summed E-state index contributed by atoms with van der Waals surface area (Å²) in [5.41, 5.74) is 6.22. The summed E-state index contributed by atoms with van der Waals surface area (Å²) in [6, 6.07) is 9.52. The molecule has 0 bridgehead atoms. The minimum Gasteiger partial charge on any atom is -0.445 e. The van der Waals surface area contributed by atoms with Crippen LogP contribution in [0.25, 0.3) is 0 Å². The Morgan fingerprint density at radius 1 is 1.05 bits per heavy atom. The van der Waals surface area contributed by atoms with E-state index in [-0.39, 0.29) is 19.0 Å². The predicted molar refractivity (Wildman–Crippen MR) is 82.6 cm³/mol. The Morgan fingerprint density at radius 3 is 2.38 bits per heavy atom. The Balaban J connectivity index is 0.00000400. The molecule has 1 aromatic carbocycles. The fourth-order valence-electron chi connectivity index (χ4n) is 1.40. The molecule has 0 aromatic heterocycles. The normalized spacial score (nSPS) is 9.76. The minimum absolute atomic E-state index is 0. The summed E-state index contributed by atoms with van der Waals surface area (Å²) in [6.07, 6.45) is -0.447. The lowest BCUT2D eigenvalue weighted by molar-refractivity contribution is 0.0511. The average molecular weight is 319 g/mol. The molecule has 1 aromatic rings. The molecule has 21 heavy (non-hydrogen) atoms. The van der Waals surface area contributed by atoms with E-state index in [1.54, 1.807) is 0 Å². The molecule has 0 aliphatic rings. The molecule has 0 radical (unpaired) electrons. The lowest BCUT2D eigenvalue weighted by Gasteiger charge is -2.08. The zero-order chi connectivity index (χ0) is 14.5. The maximum absolute atomic E-state index is 11.4. The summed E-state index contributed by atoms with van der Waals surface area (Å²) < 4.78 is 15.4. The SMILES string of the molecule is Cl.NCCOCCOCCNC(=O)OCc1ccccc1. The van der Waals surface area contributed by atoms with Crippen molar-refractivity contribution in [2.24, 2.45) is 5.73 Å². The highest BCUT2D eigenvalue weighted by molar-refractivity contribution is 5.85. The van der Waals surface area contributed by atoms with E-state index in [1.165, 1.54) is 0 Å². The maximum Gasteiger partial charge on any atom is 0.407 e. The molecule has 0 heterocycles. The molecule has 0 saturated carbocycles. The number of halogens is 1. The second-order valence-corrected chi connectivity index (χ2v) is 4.00. The van der Waals surface area contributed by atoms with Gasteiger partial charge < -0.3 is 25.3 Å². The fourth-order valence-corrected chi connectivity index (χ4v) is 1.40. The van der Waals surface area contributed by atoms with Crippen molar-refractivity contribution >= 4 is 18.5 Å². The van der Waals surface area contributed by atoms with Crippen LogP contribution in [-0.2, 0) is 20.8 Å². The number of carbonyl (C=O) groups excluding carboxylic acids is 1. The molecule has 0 saturated heterocycles. The van der Waals surface area contributed by atoms with Crippen molar-refractivity contribution < 1.29 is 19.0 Å². The number of nitrogens with one attached hydrogen (secondary N) is 1. The van der Waals surface area contributed by atoms with Crippen LogP contribution in [0.3, 0.4) is 0 Å². The Morgan fingerprint density at radius 2 is 1.71 bits per heavy atom. The summed E-state index contributed by atoms with van der Waals surface area (Å²) in [4.78, 5) is 11.4. The molecule has 7 heteroatoms. The van der Waals surface area contributed by atoms with Gasteiger partial charge in [-0.25, -0.2) is 4.79 Å². The highest BCUT2D eigenvalue weighted by atomic mass is 35.5. The van der Waals surface area contributed by atoms with E-state index >= 15 is 0 Å². The average Bonchev–Trinajstić information content (AvgIpc) is 2.49. The van der Waals surface area contributed by atoms with E-state index in [0.29, 0.717) is 39.5 Å². The quantitative estimate of drug-likeness (QED) is 0.636. The number of alkyl carbamates (subject to hydrolysis) is 1. The molecule has 1 amide bonds. The summed E-state index contributed by atoms with van der Waals surface area (Å²) in [7, 11) is 0. The Labute approximate surface area is 131 Å². The molecule has 0 atom stereocenters. The van der Waals surface area contributed by atoms with Gasteiger partial charge in [-0.3, -0.25) is 0 Å². The van der Waals surface area contributed by atoms with Crippen molar-refractivity contribution in [2.75, 3.05) is 39.5 Å². The molecule has 0 spiro atoms. The van der Waals surface area contributed by atoms with Gasteiger partial charge in [-0.05, 0) is 5.56 Å². The Kier molecular flexibility index (Phi) is 12.8. The topological polar surface area (TPSA) is 82.8 Å². The number of hydrogen-bond acceptors (Lipinski definition) is 5. The van der Waals surface area contributed by atoms with Gasteiger partial charge in [0.1, 0.15) is 6.61 Å². The number of benzene rings is 1. The third-order valence-electron chi connectivity index (χ3n) is 2.36. The summed E-state index contributed by atoms with van der Waals surface area (Å²) >= 11 is 0. The first-order valence-electron chi connectivity index (χ1n) is 6.63. The number of amides is 1. The summed E-state index contributed by atoms with van der Waals surface area (Å²) in [5.74, 6) is 0. The summed E-state index contributed by atoms with van der Waals surface area (Å²) in [6.45, 7) is 3.13. The molecule has 3 N–H and O–H groups in total. The van der Waals surface area contributed by atoms with Crippen LogP contribution in [-0.4, -0.2) is 45.6 Å². The van der Waals surface area contributed by atoms with Crippen molar-refractivity contribution in [3.63, 3.8) is 0 Å². The third-order valence-corrected chi connectivity index (χ3v) is 2.36. The molecule has 120 valence electrons. The van der Waals surface area contributed by atoms with Crippen molar-refractivity contribution in [3.8, 4) is 0 Å². The number of carbonyl (C=O) groups is 1. The van der Waals surface area contributed by atoms with E-state index < -0.39 is 6.09 Å². The van der Waals surface area contributed by atoms with Crippen molar-refractivity contribution in [1.29, 1.82) is 0 Å². The first-order valence-corrected chi connectivity index (χ1v) is 6.63. The molecular formula is C14H23ClN2O4. The largest absolute Gasteiger partial charge is 0.445 e. The fraction of sp³-hybridized carbons (Fsp3) is 0.500. The van der Waals surface area contributed by atoms with Gasteiger partial charge in [0.15, 0.2) is 0 Å². The monoisotopic (exact) mass is 318 g/mol. The van der Waals surface area contributed by atoms with Crippen LogP contribution in [0.2, 0.25) is 0 Å². The van der Waals surface area contributed by atoms with Gasteiger partial charge in [0.2, 0.25) is 0 Å². The first-order chi connectivity index (χ1) is 9.83. The van der Waals surface area contributed by atoms with Crippen LogP contribution in [0.1, 0.15) is 5.56 Å². The standard InChI is InChI=1S/C14H22N2O4.ClH/c15-6-8-18-10-11-19-9-7-16-14(17)20-12-13-4-2-1-3-5-13;/h1-5H,6-12,15H2,(H,16,17);1H. The number of rotatable bonds is 10. The Bertz CT molecular complexity index is 365. The van der Waals surface area contributed by atoms with Crippen molar-refractivity contribution in [3.05, 3.63) is 35.9 Å². The van der Waals surface area contributed by atoms with E-state index in [1.807, 2.05) is 30.3 Å². The van der Waals surface area contributed by atoms with Gasteiger partial charge in [-0.1, -0.05) is 30.3 Å². The molecule has 1 rings (SSSR count). The molecule has 0 aliphatic heterocycles. The van der Waals surface area contributed by atoms with Crippen molar-refractivity contribution in [2.45, 2.75) is 6.61 Å². The van der Waals surface area contributed by atoms with E-state index in [4.69, 9.17) is 19.9 Å². The van der Waals surface area contributed by atoms with Gasteiger partial charge >= 0.3 is 6.09 Å². The minimum atomic E-state index is -0.447. The van der Waals surface area contributed by atoms with Crippen LogP contribution >= 0.6 is 12.4 Å². The van der Waals surface area contributed by atoms with Crippen molar-refractivity contribution in [1.82, 2.24) is 5.32 Å². The van der Waals surface area contributed by atoms with Gasteiger partial charge in [-0.15, -0.1) is 12.4 Å². The second-order valence-electron chi connectivity index (χ2n) is 4.00. The number of nitrogens with two attached hydrogens (primary N) is 1. The van der Waals surface area contributed by atoms with Gasteiger partial charge in [0, 0.05) is 13.1 Å². The van der Waals surface area contributed by atoms with E-state index in [9.17, 15) is 4.79 Å². The maximum atomic E-state index is 11.4. The smallest absolute Gasteiger partial charge is 0.407 e. The Hall–Kier alpha value is -1.34. The molecule has 6 nitrogen and oxygen atoms in total. The van der Waals surface area contributed by atoms with Crippen LogP contribution in [0.15, 0.2) is 30.3 Å². The van der Waals surface area contributed by atoms with Crippen LogP contribution in [0.4, 0.5) is 4.79 Å². The second kappa shape index (κ2) is 13.6. The van der Waals surface area contributed by atoms with Crippen LogP contribution in [0.5, 0.6) is 0 Å². The number of hydrogen-bond donors (Lipinski definition) is 2. The van der Waals surface area contributed by atoms with Gasteiger partial charge in [0.25, 0.3) is 0 Å². The van der Waals surface area contributed by atoms with Gasteiger partial charge in [-0.2, -0.15) is 0 Å². The van der Waals surface area contributed by atoms with Gasteiger partial charge in [0.05, 0.1) is 26.4 Å². The predicted octanol–water partition coefficient (Wildman–Crippen LogP) is 1.33. The highest BCUT2D eigenvalue weighted by Crippen LogP contribution is 2.00. The third kappa shape index (κ3) is 11.0. The molecule has 0 unspecified atom stereocenters. The van der Waals surface area contributed by atoms with Crippen LogP contribution < -0.4 is 11.1 Å². The van der Waals surface area contributed by atoms with E-state index in [0.717, 1.165) is 5.56 Å². The van der Waals surface area contributed by atoms with Crippen LogP contribution in [0, 0.1) is 0 Å². The molecule has 0 aliphatic carbocycles.